The van der Waals surface area contributed by atoms with Crippen molar-refractivity contribution in [3.63, 3.8) is 0 Å². The van der Waals surface area contributed by atoms with Gasteiger partial charge in [0.2, 0.25) is 0 Å². The van der Waals surface area contributed by atoms with Crippen LogP contribution in [0.5, 0.6) is 5.75 Å². The van der Waals surface area contributed by atoms with Gasteiger partial charge in [-0.3, -0.25) is 4.79 Å². The maximum Gasteiger partial charge on any atom is 0.255 e. The molecular weight excluding hydrogens is 292 g/mol. The maximum atomic E-state index is 12.3. The van der Waals surface area contributed by atoms with Crippen molar-refractivity contribution in [2.24, 2.45) is 5.16 Å². The molecule has 1 aliphatic heterocycles. The van der Waals surface area contributed by atoms with E-state index in [9.17, 15) is 4.79 Å². The average molecular weight is 310 g/mol. The van der Waals surface area contributed by atoms with Gasteiger partial charge in [0, 0.05) is 23.9 Å². The number of oxime groups is 1. The second-order valence-electron chi connectivity index (χ2n) is 5.58. The Bertz CT molecular complexity index is 730. The average Bonchev–Trinajstić information content (AvgIpc) is 3.03. The molecule has 1 heterocycles. The first-order valence-electron chi connectivity index (χ1n) is 7.37. The monoisotopic (exact) mass is 310 g/mol. The number of amides is 1. The van der Waals surface area contributed by atoms with E-state index in [2.05, 4.69) is 10.5 Å². The SMILES string of the molecule is COc1cccc(C(=O)Nc2ccc([C@]3(C)CC=NO3)cc2)c1. The predicted octanol–water partition coefficient (Wildman–Crippen LogP) is 3.57. The third kappa shape index (κ3) is 3.18. The molecule has 2 aromatic rings. The zero-order valence-corrected chi connectivity index (χ0v) is 13.1. The summed E-state index contributed by atoms with van der Waals surface area (Å²) in [6.07, 6.45) is 2.50. The van der Waals surface area contributed by atoms with Crippen molar-refractivity contribution in [1.82, 2.24) is 0 Å². The Morgan fingerprint density at radius 1 is 1.26 bits per heavy atom. The number of carbonyl (C=O) groups excluding carboxylic acids is 1. The van der Waals surface area contributed by atoms with Gasteiger partial charge in [-0.1, -0.05) is 23.4 Å². The molecule has 0 unspecified atom stereocenters. The van der Waals surface area contributed by atoms with Crippen molar-refractivity contribution >= 4 is 17.8 Å². The lowest BCUT2D eigenvalue weighted by Crippen LogP contribution is -2.20. The molecule has 5 heteroatoms. The van der Waals surface area contributed by atoms with Gasteiger partial charge in [0.25, 0.3) is 5.91 Å². The van der Waals surface area contributed by atoms with Gasteiger partial charge in [0.1, 0.15) is 5.75 Å². The minimum Gasteiger partial charge on any atom is -0.497 e. The van der Waals surface area contributed by atoms with Crippen LogP contribution in [0.4, 0.5) is 5.69 Å². The summed E-state index contributed by atoms with van der Waals surface area (Å²) < 4.78 is 5.13. The van der Waals surface area contributed by atoms with E-state index in [1.165, 1.54) is 0 Å². The Hall–Kier alpha value is -2.82. The van der Waals surface area contributed by atoms with E-state index in [1.807, 2.05) is 31.2 Å². The molecule has 0 radical (unpaired) electrons. The highest BCUT2D eigenvalue weighted by molar-refractivity contribution is 6.04. The summed E-state index contributed by atoms with van der Waals surface area (Å²) in [5.74, 6) is 0.475. The molecule has 5 nitrogen and oxygen atoms in total. The van der Waals surface area contributed by atoms with E-state index in [0.29, 0.717) is 11.3 Å². The fourth-order valence-electron chi connectivity index (χ4n) is 2.45. The Morgan fingerprint density at radius 2 is 2.04 bits per heavy atom. The van der Waals surface area contributed by atoms with E-state index in [4.69, 9.17) is 9.57 Å². The summed E-state index contributed by atoms with van der Waals surface area (Å²) in [6, 6.07) is 14.6. The summed E-state index contributed by atoms with van der Waals surface area (Å²) in [5.41, 5.74) is 1.88. The molecule has 3 rings (SSSR count). The minimum atomic E-state index is -0.421. The number of hydrogen-bond donors (Lipinski definition) is 1. The maximum absolute atomic E-state index is 12.3. The second kappa shape index (κ2) is 6.12. The van der Waals surface area contributed by atoms with Gasteiger partial charge >= 0.3 is 0 Å². The van der Waals surface area contributed by atoms with E-state index < -0.39 is 5.60 Å². The molecule has 1 amide bonds. The Labute approximate surface area is 134 Å². The largest absolute Gasteiger partial charge is 0.497 e. The predicted molar refractivity (Wildman–Crippen MR) is 88.9 cm³/mol. The van der Waals surface area contributed by atoms with Crippen molar-refractivity contribution < 1.29 is 14.4 Å². The van der Waals surface area contributed by atoms with Gasteiger partial charge in [-0.2, -0.15) is 0 Å². The summed E-state index contributed by atoms with van der Waals surface area (Å²) in [7, 11) is 1.57. The number of carbonyl (C=O) groups is 1. The van der Waals surface area contributed by atoms with E-state index in [1.54, 1.807) is 37.6 Å². The van der Waals surface area contributed by atoms with E-state index in [0.717, 1.165) is 17.7 Å². The first-order valence-corrected chi connectivity index (χ1v) is 7.37. The Morgan fingerprint density at radius 3 is 2.70 bits per heavy atom. The van der Waals surface area contributed by atoms with Crippen LogP contribution < -0.4 is 10.1 Å². The summed E-state index contributed by atoms with van der Waals surface area (Å²) >= 11 is 0. The van der Waals surface area contributed by atoms with Crippen LogP contribution in [0.2, 0.25) is 0 Å². The van der Waals surface area contributed by atoms with Gasteiger partial charge in [-0.25, -0.2) is 0 Å². The van der Waals surface area contributed by atoms with Crippen molar-refractivity contribution in [1.29, 1.82) is 0 Å². The lowest BCUT2D eigenvalue weighted by molar-refractivity contribution is -0.00736. The normalized spacial score (nSPS) is 19.2. The summed E-state index contributed by atoms with van der Waals surface area (Å²) in [5, 5.41) is 6.71. The molecule has 23 heavy (non-hydrogen) atoms. The third-order valence-corrected chi connectivity index (χ3v) is 3.89. The molecule has 0 aromatic heterocycles. The summed E-state index contributed by atoms with van der Waals surface area (Å²) in [6.45, 7) is 1.99. The lowest BCUT2D eigenvalue weighted by atomic mass is 9.93. The second-order valence-corrected chi connectivity index (χ2v) is 5.58. The van der Waals surface area contributed by atoms with Crippen molar-refractivity contribution in [3.05, 3.63) is 59.7 Å². The van der Waals surface area contributed by atoms with E-state index >= 15 is 0 Å². The zero-order valence-electron chi connectivity index (χ0n) is 13.1. The highest BCUT2D eigenvalue weighted by Gasteiger charge is 2.31. The molecule has 1 atom stereocenters. The topological polar surface area (TPSA) is 59.9 Å². The summed E-state index contributed by atoms with van der Waals surface area (Å²) in [4.78, 5) is 17.7. The van der Waals surface area contributed by atoms with Crippen LogP contribution in [-0.2, 0) is 10.4 Å². The Kier molecular flexibility index (Phi) is 4.02. The van der Waals surface area contributed by atoms with Crippen LogP contribution >= 0.6 is 0 Å². The van der Waals surface area contributed by atoms with Gasteiger partial charge in [0.05, 0.1) is 7.11 Å². The van der Waals surface area contributed by atoms with Crippen LogP contribution in [0, 0.1) is 0 Å². The molecule has 0 fully saturated rings. The van der Waals surface area contributed by atoms with E-state index in [-0.39, 0.29) is 5.91 Å². The highest BCUT2D eigenvalue weighted by atomic mass is 16.7. The third-order valence-electron chi connectivity index (χ3n) is 3.89. The van der Waals surface area contributed by atoms with Crippen LogP contribution in [0.1, 0.15) is 29.3 Å². The molecule has 0 bridgehead atoms. The first-order chi connectivity index (χ1) is 11.1. The highest BCUT2D eigenvalue weighted by Crippen LogP contribution is 2.32. The molecular formula is C18H18N2O3. The first kappa shape index (κ1) is 15.1. The van der Waals surface area contributed by atoms with Gasteiger partial charge < -0.3 is 14.9 Å². The number of nitrogens with zero attached hydrogens (tertiary/aromatic N) is 1. The van der Waals surface area contributed by atoms with Crippen LogP contribution in [0.3, 0.4) is 0 Å². The fourth-order valence-corrected chi connectivity index (χ4v) is 2.45. The smallest absolute Gasteiger partial charge is 0.255 e. The molecule has 1 N–H and O–H groups in total. The minimum absolute atomic E-state index is 0.177. The number of benzene rings is 2. The molecule has 0 aliphatic carbocycles. The number of ether oxygens (including phenoxy) is 1. The van der Waals surface area contributed by atoms with Crippen LogP contribution in [0.25, 0.3) is 0 Å². The molecule has 1 aliphatic rings. The van der Waals surface area contributed by atoms with Gasteiger partial charge in [0.15, 0.2) is 5.60 Å². The van der Waals surface area contributed by atoms with Crippen molar-refractivity contribution in [3.8, 4) is 5.75 Å². The quantitative estimate of drug-likeness (QED) is 0.939. The molecule has 2 aromatic carbocycles. The lowest BCUT2D eigenvalue weighted by Gasteiger charge is -2.21. The number of nitrogens with one attached hydrogen (secondary N) is 1. The van der Waals surface area contributed by atoms with Crippen molar-refractivity contribution in [2.45, 2.75) is 18.9 Å². The molecule has 118 valence electrons. The zero-order chi connectivity index (χ0) is 16.3. The Balaban J connectivity index is 1.71. The number of rotatable bonds is 4. The fraction of sp³-hybridized carbons (Fsp3) is 0.222. The standard InChI is InChI=1S/C18H18N2O3/c1-18(10-11-19-23-18)14-6-8-15(9-7-14)20-17(21)13-4-3-5-16(12-13)22-2/h3-9,11-12H,10H2,1-2H3,(H,20,21)/t18-/m0/s1. The number of hydrogen-bond acceptors (Lipinski definition) is 4. The van der Waals surface area contributed by atoms with Crippen LogP contribution in [0.15, 0.2) is 53.7 Å². The molecule has 0 spiro atoms. The van der Waals surface area contributed by atoms with Gasteiger partial charge in [-0.15, -0.1) is 0 Å². The molecule has 0 saturated heterocycles. The number of methoxy groups -OCH3 is 1. The number of anilines is 1. The van der Waals surface area contributed by atoms with Gasteiger partial charge in [-0.05, 0) is 42.8 Å². The molecule has 0 saturated carbocycles. The van der Waals surface area contributed by atoms with Crippen LogP contribution in [-0.4, -0.2) is 19.2 Å². The van der Waals surface area contributed by atoms with Crippen molar-refractivity contribution in [2.75, 3.05) is 12.4 Å².